The summed E-state index contributed by atoms with van der Waals surface area (Å²) in [4.78, 5) is 16.5. The number of amides is 1. The fourth-order valence-electron chi connectivity index (χ4n) is 2.29. The lowest BCUT2D eigenvalue weighted by atomic mass is 10.2. The van der Waals surface area contributed by atoms with Gasteiger partial charge in [-0.3, -0.25) is 4.79 Å². The minimum Gasteiger partial charge on any atom is -0.484 e. The lowest BCUT2D eigenvalue weighted by Crippen LogP contribution is -2.15. The highest BCUT2D eigenvalue weighted by Crippen LogP contribution is 2.20. The minimum absolute atomic E-state index is 0.0401. The maximum Gasteiger partial charge on any atom is 0.231 e. The number of aromatic nitrogens is 1. The zero-order chi connectivity index (χ0) is 18.5. The molecule has 0 fully saturated rings. The molecule has 2 aromatic carbocycles. The van der Waals surface area contributed by atoms with Gasteiger partial charge < -0.3 is 10.1 Å². The predicted molar refractivity (Wildman–Crippen MR) is 96.3 cm³/mol. The van der Waals surface area contributed by atoms with Crippen LogP contribution in [0.25, 0.3) is 0 Å². The molecule has 0 aliphatic heterocycles. The van der Waals surface area contributed by atoms with Gasteiger partial charge in [-0.25, -0.2) is 13.8 Å². The van der Waals surface area contributed by atoms with Crippen molar-refractivity contribution in [2.24, 2.45) is 0 Å². The van der Waals surface area contributed by atoms with Crippen LogP contribution in [0.5, 0.6) is 5.75 Å². The zero-order valence-corrected chi connectivity index (χ0v) is 14.8. The Hall–Kier alpha value is -2.80. The average molecular weight is 374 g/mol. The van der Waals surface area contributed by atoms with Crippen LogP contribution in [-0.2, 0) is 17.8 Å². The fraction of sp³-hybridized carbons (Fsp3) is 0.158. The number of rotatable bonds is 6. The number of nitrogens with one attached hydrogen (secondary N) is 1. The molecule has 0 radical (unpaired) electrons. The molecule has 1 heterocycles. The van der Waals surface area contributed by atoms with Crippen molar-refractivity contribution in [1.29, 1.82) is 0 Å². The maximum absolute atomic E-state index is 13.5. The fourth-order valence-corrected chi connectivity index (χ4v) is 3.06. The van der Waals surface area contributed by atoms with Crippen molar-refractivity contribution < 1.29 is 18.3 Å². The van der Waals surface area contributed by atoms with Crippen LogP contribution in [0.1, 0.15) is 16.3 Å². The van der Waals surface area contributed by atoms with Crippen molar-refractivity contribution in [3.05, 3.63) is 75.7 Å². The van der Waals surface area contributed by atoms with E-state index in [0.717, 1.165) is 23.4 Å². The van der Waals surface area contributed by atoms with Crippen LogP contribution in [0.15, 0.2) is 47.8 Å². The average Bonchev–Trinajstić information content (AvgIpc) is 3.03. The summed E-state index contributed by atoms with van der Waals surface area (Å²) < 4.78 is 31.7. The van der Waals surface area contributed by atoms with E-state index in [1.165, 1.54) is 17.4 Å². The number of nitrogens with zero attached hydrogens (tertiary/aromatic N) is 1. The number of carbonyl (C=O) groups excluding carboxylic acids is 1. The molecule has 0 unspecified atom stereocenters. The highest BCUT2D eigenvalue weighted by atomic mass is 32.1. The van der Waals surface area contributed by atoms with Gasteiger partial charge in [0.05, 0.1) is 12.1 Å². The summed E-state index contributed by atoms with van der Waals surface area (Å²) in [6.45, 7) is 1.96. The summed E-state index contributed by atoms with van der Waals surface area (Å²) in [7, 11) is 0. The first-order chi connectivity index (χ1) is 12.5. The summed E-state index contributed by atoms with van der Waals surface area (Å²) in [5, 5.41) is 5.23. The van der Waals surface area contributed by atoms with Gasteiger partial charge in [-0.05, 0) is 30.7 Å². The number of thiazole rings is 1. The van der Waals surface area contributed by atoms with Crippen LogP contribution in [0.4, 0.5) is 14.5 Å². The van der Waals surface area contributed by atoms with Gasteiger partial charge in [0.25, 0.3) is 0 Å². The molecule has 7 heteroatoms. The number of para-hydroxylation sites is 1. The van der Waals surface area contributed by atoms with E-state index in [-0.39, 0.29) is 24.7 Å². The third kappa shape index (κ3) is 4.64. The smallest absolute Gasteiger partial charge is 0.231 e. The number of benzene rings is 2. The SMILES string of the molecule is Cc1ccccc1NC(=O)Cc1nc(COc2ccc(F)cc2F)cs1. The molecule has 0 saturated carbocycles. The van der Waals surface area contributed by atoms with E-state index in [1.807, 2.05) is 31.2 Å². The van der Waals surface area contributed by atoms with E-state index >= 15 is 0 Å². The van der Waals surface area contributed by atoms with E-state index in [9.17, 15) is 13.6 Å². The Morgan fingerprint density at radius 1 is 1.23 bits per heavy atom. The third-order valence-corrected chi connectivity index (χ3v) is 4.50. The number of ether oxygens (including phenoxy) is 1. The number of halogens is 2. The normalized spacial score (nSPS) is 10.6. The Morgan fingerprint density at radius 2 is 2.04 bits per heavy atom. The third-order valence-electron chi connectivity index (χ3n) is 3.60. The standard InChI is InChI=1S/C19H16F2N2O2S/c1-12-4-2-3-5-16(12)23-18(24)9-19-22-14(11-26-19)10-25-17-7-6-13(20)8-15(17)21/h2-8,11H,9-10H2,1H3,(H,23,24). The first-order valence-electron chi connectivity index (χ1n) is 7.88. The quantitative estimate of drug-likeness (QED) is 0.692. The van der Waals surface area contributed by atoms with Crippen molar-refractivity contribution in [1.82, 2.24) is 4.98 Å². The molecule has 4 nitrogen and oxygen atoms in total. The van der Waals surface area contributed by atoms with Crippen LogP contribution in [0.3, 0.4) is 0 Å². The number of hydrogen-bond acceptors (Lipinski definition) is 4. The van der Waals surface area contributed by atoms with E-state index in [1.54, 1.807) is 5.38 Å². The molecule has 0 spiro atoms. The van der Waals surface area contributed by atoms with Crippen LogP contribution < -0.4 is 10.1 Å². The zero-order valence-electron chi connectivity index (χ0n) is 14.0. The van der Waals surface area contributed by atoms with Gasteiger partial charge in [-0.2, -0.15) is 0 Å². The Bertz CT molecular complexity index is 927. The van der Waals surface area contributed by atoms with E-state index in [2.05, 4.69) is 10.3 Å². The first-order valence-corrected chi connectivity index (χ1v) is 8.76. The molecule has 3 aromatic rings. The van der Waals surface area contributed by atoms with Gasteiger partial charge in [0.1, 0.15) is 17.4 Å². The van der Waals surface area contributed by atoms with Crippen LogP contribution in [0, 0.1) is 18.6 Å². The number of hydrogen-bond donors (Lipinski definition) is 1. The molecule has 0 aliphatic carbocycles. The van der Waals surface area contributed by atoms with Gasteiger partial charge >= 0.3 is 0 Å². The molecule has 0 bridgehead atoms. The second kappa shape index (κ2) is 8.05. The molecule has 0 saturated heterocycles. The van der Waals surface area contributed by atoms with Gasteiger partial charge in [-0.1, -0.05) is 18.2 Å². The molecule has 1 aromatic heterocycles. The van der Waals surface area contributed by atoms with Gasteiger partial charge in [-0.15, -0.1) is 11.3 Å². The number of anilines is 1. The molecule has 3 rings (SSSR count). The van der Waals surface area contributed by atoms with Crippen LogP contribution in [0.2, 0.25) is 0 Å². The van der Waals surface area contributed by atoms with E-state index in [0.29, 0.717) is 10.7 Å². The monoisotopic (exact) mass is 374 g/mol. The van der Waals surface area contributed by atoms with Crippen molar-refractivity contribution >= 4 is 22.9 Å². The second-order valence-electron chi connectivity index (χ2n) is 5.64. The number of aryl methyl sites for hydroxylation is 1. The van der Waals surface area contributed by atoms with Gasteiger partial charge in [0, 0.05) is 17.1 Å². The minimum atomic E-state index is -0.766. The lowest BCUT2D eigenvalue weighted by molar-refractivity contribution is -0.115. The van der Waals surface area contributed by atoms with Gasteiger partial charge in [0.2, 0.25) is 5.91 Å². The summed E-state index contributed by atoms with van der Waals surface area (Å²) in [6, 6.07) is 10.6. The van der Waals surface area contributed by atoms with E-state index < -0.39 is 11.6 Å². The Kier molecular flexibility index (Phi) is 5.58. The van der Waals surface area contributed by atoms with E-state index in [4.69, 9.17) is 4.74 Å². The van der Waals surface area contributed by atoms with Crippen molar-refractivity contribution in [2.45, 2.75) is 20.0 Å². The molecular weight excluding hydrogens is 358 g/mol. The highest BCUT2D eigenvalue weighted by Gasteiger charge is 2.11. The van der Waals surface area contributed by atoms with Crippen molar-refractivity contribution in [3.8, 4) is 5.75 Å². The molecule has 0 atom stereocenters. The van der Waals surface area contributed by atoms with Crippen LogP contribution in [-0.4, -0.2) is 10.9 Å². The largest absolute Gasteiger partial charge is 0.484 e. The summed E-state index contributed by atoms with van der Waals surface area (Å²) >= 11 is 1.33. The molecule has 26 heavy (non-hydrogen) atoms. The van der Waals surface area contributed by atoms with Crippen molar-refractivity contribution in [3.63, 3.8) is 0 Å². The Balaban J connectivity index is 1.56. The van der Waals surface area contributed by atoms with Crippen molar-refractivity contribution in [2.75, 3.05) is 5.32 Å². The summed E-state index contributed by atoms with van der Waals surface area (Å²) in [5.41, 5.74) is 2.33. The second-order valence-corrected chi connectivity index (χ2v) is 6.58. The predicted octanol–water partition coefficient (Wildman–Crippen LogP) is 4.49. The topological polar surface area (TPSA) is 51.2 Å². The summed E-state index contributed by atoms with van der Waals surface area (Å²) in [5.74, 6) is -1.63. The maximum atomic E-state index is 13.5. The molecular formula is C19H16F2N2O2S. The number of carbonyl (C=O) groups is 1. The molecule has 134 valence electrons. The summed E-state index contributed by atoms with van der Waals surface area (Å²) in [6.07, 6.45) is 0.143. The Labute approximate surface area is 153 Å². The van der Waals surface area contributed by atoms with Gasteiger partial charge in [0.15, 0.2) is 11.6 Å². The molecule has 0 aliphatic rings. The lowest BCUT2D eigenvalue weighted by Gasteiger charge is -2.07. The Morgan fingerprint density at radius 3 is 2.81 bits per heavy atom. The molecule has 1 N–H and O–H groups in total. The highest BCUT2D eigenvalue weighted by molar-refractivity contribution is 7.09. The molecule has 1 amide bonds. The van der Waals surface area contributed by atoms with Crippen LogP contribution >= 0.6 is 11.3 Å². The first kappa shape index (κ1) is 18.0.